The van der Waals surface area contributed by atoms with E-state index in [-0.39, 0.29) is 5.56 Å². The SMILES string of the molecule is O=c1c2c(nc3n1CCC/C3=C\O)CCCC2. The molecule has 3 rings (SSSR count). The molecule has 0 saturated carbocycles. The fraction of sp³-hybridized carbons (Fsp3) is 0.538. The van der Waals surface area contributed by atoms with Crippen LogP contribution in [0.1, 0.15) is 42.8 Å². The molecule has 17 heavy (non-hydrogen) atoms. The highest BCUT2D eigenvalue weighted by Crippen LogP contribution is 2.25. The normalized spacial score (nSPS) is 21.1. The Morgan fingerprint density at radius 3 is 2.82 bits per heavy atom. The summed E-state index contributed by atoms with van der Waals surface area (Å²) in [4.78, 5) is 16.9. The van der Waals surface area contributed by atoms with Gasteiger partial charge in [-0.25, -0.2) is 4.98 Å². The highest BCUT2D eigenvalue weighted by atomic mass is 16.2. The van der Waals surface area contributed by atoms with Gasteiger partial charge in [-0.15, -0.1) is 0 Å². The van der Waals surface area contributed by atoms with Crippen LogP contribution in [0.2, 0.25) is 0 Å². The smallest absolute Gasteiger partial charge is 0.257 e. The molecule has 0 amide bonds. The first-order valence-corrected chi connectivity index (χ1v) is 6.27. The number of aromatic nitrogens is 2. The van der Waals surface area contributed by atoms with Gasteiger partial charge < -0.3 is 5.11 Å². The molecule has 1 aliphatic heterocycles. The van der Waals surface area contributed by atoms with Crippen LogP contribution in [-0.4, -0.2) is 14.7 Å². The van der Waals surface area contributed by atoms with Crippen molar-refractivity contribution in [3.05, 3.63) is 33.7 Å². The molecule has 0 unspecified atom stereocenters. The number of nitrogens with zero attached hydrogens (tertiary/aromatic N) is 2. The van der Waals surface area contributed by atoms with Crippen LogP contribution in [0.5, 0.6) is 0 Å². The third-order valence-electron chi connectivity index (χ3n) is 3.71. The Morgan fingerprint density at radius 1 is 1.18 bits per heavy atom. The Bertz CT molecular complexity index is 543. The summed E-state index contributed by atoms with van der Waals surface area (Å²) in [6, 6.07) is 0. The lowest BCUT2D eigenvalue weighted by atomic mass is 9.96. The summed E-state index contributed by atoms with van der Waals surface area (Å²) in [5.41, 5.74) is 2.76. The van der Waals surface area contributed by atoms with Crippen molar-refractivity contribution in [1.29, 1.82) is 0 Å². The molecule has 1 aromatic rings. The van der Waals surface area contributed by atoms with Gasteiger partial charge in [-0.1, -0.05) is 0 Å². The number of aliphatic hydroxyl groups is 1. The van der Waals surface area contributed by atoms with Crippen LogP contribution in [0.3, 0.4) is 0 Å². The number of aliphatic hydroxyl groups excluding tert-OH is 1. The van der Waals surface area contributed by atoms with Gasteiger partial charge >= 0.3 is 0 Å². The Morgan fingerprint density at radius 2 is 2.00 bits per heavy atom. The Labute approximate surface area is 99.6 Å². The van der Waals surface area contributed by atoms with E-state index in [0.717, 1.165) is 68.2 Å². The lowest BCUT2D eigenvalue weighted by Gasteiger charge is -2.23. The molecule has 2 heterocycles. The summed E-state index contributed by atoms with van der Waals surface area (Å²) in [7, 11) is 0. The molecule has 0 aromatic carbocycles. The summed E-state index contributed by atoms with van der Waals surface area (Å²) in [6.07, 6.45) is 6.78. The molecule has 1 aliphatic carbocycles. The predicted molar refractivity (Wildman–Crippen MR) is 65.0 cm³/mol. The summed E-state index contributed by atoms with van der Waals surface area (Å²) in [5.74, 6) is 0.685. The van der Waals surface area contributed by atoms with Crippen LogP contribution in [0, 0.1) is 0 Å². The van der Waals surface area contributed by atoms with Crippen LogP contribution in [0.25, 0.3) is 5.57 Å². The average Bonchev–Trinajstić information content (AvgIpc) is 2.38. The highest BCUT2D eigenvalue weighted by Gasteiger charge is 2.23. The molecule has 0 saturated heterocycles. The maximum Gasteiger partial charge on any atom is 0.257 e. The molecule has 4 nitrogen and oxygen atoms in total. The standard InChI is InChI=1S/C13H16N2O2/c16-8-9-4-3-7-15-12(9)14-11-6-2-1-5-10(11)13(15)17/h8,16H,1-7H2/b9-8+. The fourth-order valence-corrected chi connectivity index (χ4v) is 2.80. The number of hydrogen-bond acceptors (Lipinski definition) is 3. The van der Waals surface area contributed by atoms with Crippen molar-refractivity contribution in [3.8, 4) is 0 Å². The molecule has 1 N–H and O–H groups in total. The van der Waals surface area contributed by atoms with Crippen molar-refractivity contribution in [2.24, 2.45) is 0 Å². The number of rotatable bonds is 0. The van der Waals surface area contributed by atoms with E-state index in [2.05, 4.69) is 4.98 Å². The first-order chi connectivity index (χ1) is 8.31. The second-order valence-electron chi connectivity index (χ2n) is 4.78. The number of fused-ring (bicyclic) bond motifs is 2. The minimum absolute atomic E-state index is 0.115. The lowest BCUT2D eigenvalue weighted by molar-refractivity contribution is 0.466. The molecule has 4 heteroatoms. The molecule has 0 atom stereocenters. The molecule has 0 bridgehead atoms. The Kier molecular flexibility index (Phi) is 2.50. The van der Waals surface area contributed by atoms with E-state index < -0.39 is 0 Å². The Balaban J connectivity index is 2.25. The van der Waals surface area contributed by atoms with Crippen LogP contribution in [0.15, 0.2) is 11.1 Å². The Hall–Kier alpha value is -1.58. The summed E-state index contributed by atoms with van der Waals surface area (Å²) in [6.45, 7) is 0.728. The van der Waals surface area contributed by atoms with Gasteiger partial charge in [-0.2, -0.15) is 0 Å². The maximum absolute atomic E-state index is 12.3. The molecule has 2 aliphatic rings. The lowest BCUT2D eigenvalue weighted by Crippen LogP contribution is -2.33. The second kappa shape index (κ2) is 4.02. The highest BCUT2D eigenvalue weighted by molar-refractivity contribution is 5.60. The monoisotopic (exact) mass is 232 g/mol. The van der Waals surface area contributed by atoms with Gasteiger partial charge in [0.05, 0.1) is 12.0 Å². The van der Waals surface area contributed by atoms with Gasteiger partial charge in [0, 0.05) is 17.7 Å². The zero-order valence-electron chi connectivity index (χ0n) is 9.78. The van der Waals surface area contributed by atoms with E-state index in [4.69, 9.17) is 0 Å². The zero-order valence-corrected chi connectivity index (χ0v) is 9.78. The van der Waals surface area contributed by atoms with Crippen LogP contribution < -0.4 is 5.56 Å². The van der Waals surface area contributed by atoms with Gasteiger partial charge in [-0.05, 0) is 38.5 Å². The van der Waals surface area contributed by atoms with E-state index in [1.807, 2.05) is 0 Å². The molecule has 90 valence electrons. The minimum atomic E-state index is 0.115. The van der Waals surface area contributed by atoms with Gasteiger partial charge in [-0.3, -0.25) is 9.36 Å². The van der Waals surface area contributed by atoms with Crippen molar-refractivity contribution >= 4 is 5.57 Å². The molecule has 0 radical (unpaired) electrons. The minimum Gasteiger partial charge on any atom is -0.515 e. The average molecular weight is 232 g/mol. The predicted octanol–water partition coefficient (Wildman–Crippen LogP) is 1.81. The van der Waals surface area contributed by atoms with Gasteiger partial charge in [0.25, 0.3) is 5.56 Å². The quantitative estimate of drug-likeness (QED) is 0.694. The first kappa shape index (κ1) is 10.6. The molecular weight excluding hydrogens is 216 g/mol. The molecule has 1 aromatic heterocycles. The van der Waals surface area contributed by atoms with E-state index in [1.54, 1.807) is 4.57 Å². The van der Waals surface area contributed by atoms with E-state index in [0.29, 0.717) is 5.82 Å². The summed E-state index contributed by atoms with van der Waals surface area (Å²) < 4.78 is 1.73. The summed E-state index contributed by atoms with van der Waals surface area (Å²) >= 11 is 0. The van der Waals surface area contributed by atoms with E-state index in [9.17, 15) is 9.90 Å². The van der Waals surface area contributed by atoms with Crippen LogP contribution >= 0.6 is 0 Å². The van der Waals surface area contributed by atoms with Gasteiger partial charge in [0.1, 0.15) is 5.82 Å². The topological polar surface area (TPSA) is 55.1 Å². The third kappa shape index (κ3) is 1.59. The van der Waals surface area contributed by atoms with Crippen molar-refractivity contribution in [1.82, 2.24) is 9.55 Å². The number of hydrogen-bond donors (Lipinski definition) is 1. The van der Waals surface area contributed by atoms with Gasteiger partial charge in [0.2, 0.25) is 0 Å². The molecular formula is C13H16N2O2. The number of aryl methyl sites for hydroxylation is 1. The third-order valence-corrected chi connectivity index (χ3v) is 3.71. The molecule has 0 fully saturated rings. The molecule has 0 spiro atoms. The first-order valence-electron chi connectivity index (χ1n) is 6.27. The summed E-state index contributed by atoms with van der Waals surface area (Å²) in [5, 5.41) is 9.22. The second-order valence-corrected chi connectivity index (χ2v) is 4.78. The maximum atomic E-state index is 12.3. The van der Waals surface area contributed by atoms with Crippen molar-refractivity contribution < 1.29 is 5.11 Å². The van der Waals surface area contributed by atoms with Crippen molar-refractivity contribution in [2.75, 3.05) is 0 Å². The van der Waals surface area contributed by atoms with Crippen molar-refractivity contribution in [3.63, 3.8) is 0 Å². The van der Waals surface area contributed by atoms with E-state index >= 15 is 0 Å². The van der Waals surface area contributed by atoms with E-state index in [1.165, 1.54) is 0 Å². The largest absolute Gasteiger partial charge is 0.515 e. The number of allylic oxidation sites excluding steroid dienone is 1. The van der Waals surface area contributed by atoms with Crippen LogP contribution in [0.4, 0.5) is 0 Å². The van der Waals surface area contributed by atoms with Gasteiger partial charge in [0.15, 0.2) is 0 Å². The zero-order chi connectivity index (χ0) is 11.8. The fourth-order valence-electron chi connectivity index (χ4n) is 2.80. The van der Waals surface area contributed by atoms with Crippen molar-refractivity contribution in [2.45, 2.75) is 45.1 Å². The van der Waals surface area contributed by atoms with Crippen LogP contribution in [-0.2, 0) is 19.4 Å².